The Morgan fingerprint density at radius 1 is 1.53 bits per heavy atom. The fourth-order valence-corrected chi connectivity index (χ4v) is 2.53. The molecule has 0 aliphatic carbocycles. The van der Waals surface area contributed by atoms with Gasteiger partial charge in [-0.15, -0.1) is 5.10 Å². The number of hydrogen-bond donors (Lipinski definition) is 2. The van der Waals surface area contributed by atoms with E-state index >= 15 is 0 Å². The van der Waals surface area contributed by atoms with Gasteiger partial charge in [0.05, 0.1) is 0 Å². The smallest absolute Gasteiger partial charge is 0.343 e. The van der Waals surface area contributed by atoms with E-state index < -0.39 is 0 Å². The molecule has 0 bridgehead atoms. The summed E-state index contributed by atoms with van der Waals surface area (Å²) >= 11 is 1.40. The average Bonchev–Trinajstić information content (AvgIpc) is 2.64. The van der Waals surface area contributed by atoms with Crippen molar-refractivity contribution in [3.05, 3.63) is 34.2 Å². The minimum absolute atomic E-state index is 0.193. The SMILES string of the molecule is CCn1c(Sc2cc(C)ccc2N)n[nH]c1=O. The molecule has 0 radical (unpaired) electrons. The molecule has 1 heterocycles. The van der Waals surface area contributed by atoms with E-state index in [0.29, 0.717) is 17.4 Å². The van der Waals surface area contributed by atoms with Crippen LogP contribution in [0, 0.1) is 6.92 Å². The van der Waals surface area contributed by atoms with Crippen LogP contribution in [0.5, 0.6) is 0 Å². The average molecular weight is 250 g/mol. The number of aryl methyl sites for hydroxylation is 1. The predicted molar refractivity (Wildman–Crippen MR) is 68.2 cm³/mol. The zero-order valence-corrected chi connectivity index (χ0v) is 10.5. The second kappa shape index (κ2) is 4.67. The van der Waals surface area contributed by atoms with Gasteiger partial charge in [-0.3, -0.25) is 4.57 Å². The maximum atomic E-state index is 11.4. The van der Waals surface area contributed by atoms with Gasteiger partial charge in [0.2, 0.25) is 0 Å². The summed E-state index contributed by atoms with van der Waals surface area (Å²) in [5.41, 5.74) is 7.52. The minimum Gasteiger partial charge on any atom is -0.398 e. The van der Waals surface area contributed by atoms with Crippen LogP contribution in [0.1, 0.15) is 12.5 Å². The van der Waals surface area contributed by atoms with Crippen molar-refractivity contribution in [1.29, 1.82) is 0 Å². The number of nitrogens with zero attached hydrogens (tertiary/aromatic N) is 2. The van der Waals surface area contributed by atoms with Crippen molar-refractivity contribution in [1.82, 2.24) is 14.8 Å². The molecule has 0 aliphatic heterocycles. The monoisotopic (exact) mass is 250 g/mol. The molecule has 0 fully saturated rings. The molecule has 0 saturated carbocycles. The van der Waals surface area contributed by atoms with E-state index in [9.17, 15) is 4.79 Å². The fraction of sp³-hybridized carbons (Fsp3) is 0.273. The van der Waals surface area contributed by atoms with E-state index in [1.807, 2.05) is 32.0 Å². The zero-order chi connectivity index (χ0) is 12.4. The molecule has 90 valence electrons. The van der Waals surface area contributed by atoms with Crippen LogP contribution in [0.15, 0.2) is 33.0 Å². The molecule has 1 aromatic heterocycles. The Bertz CT molecular complexity index is 587. The Morgan fingerprint density at radius 2 is 2.29 bits per heavy atom. The summed E-state index contributed by atoms with van der Waals surface area (Å²) < 4.78 is 1.58. The molecule has 2 rings (SSSR count). The first-order chi connectivity index (χ1) is 8.11. The molecule has 0 aliphatic rings. The van der Waals surface area contributed by atoms with Crippen LogP contribution in [-0.2, 0) is 6.54 Å². The number of nitrogen functional groups attached to an aromatic ring is 1. The van der Waals surface area contributed by atoms with Crippen molar-refractivity contribution in [3.8, 4) is 0 Å². The lowest BCUT2D eigenvalue weighted by Gasteiger charge is -2.06. The summed E-state index contributed by atoms with van der Waals surface area (Å²) in [7, 11) is 0. The largest absolute Gasteiger partial charge is 0.398 e. The number of nitrogens with one attached hydrogen (secondary N) is 1. The zero-order valence-electron chi connectivity index (χ0n) is 9.73. The molecule has 0 atom stereocenters. The summed E-state index contributed by atoms with van der Waals surface area (Å²) in [5, 5.41) is 7.06. The minimum atomic E-state index is -0.193. The van der Waals surface area contributed by atoms with E-state index in [1.165, 1.54) is 11.8 Å². The number of aromatic nitrogens is 3. The van der Waals surface area contributed by atoms with Crippen LogP contribution < -0.4 is 11.4 Å². The third-order valence-electron chi connectivity index (χ3n) is 2.41. The highest BCUT2D eigenvalue weighted by molar-refractivity contribution is 7.99. The maximum absolute atomic E-state index is 11.4. The lowest BCUT2D eigenvalue weighted by Crippen LogP contribution is -2.16. The van der Waals surface area contributed by atoms with Crippen LogP contribution in [0.2, 0.25) is 0 Å². The van der Waals surface area contributed by atoms with Crippen LogP contribution >= 0.6 is 11.8 Å². The highest BCUT2D eigenvalue weighted by Crippen LogP contribution is 2.30. The first kappa shape index (κ1) is 11.8. The van der Waals surface area contributed by atoms with Crippen molar-refractivity contribution < 1.29 is 0 Å². The van der Waals surface area contributed by atoms with E-state index in [2.05, 4.69) is 10.2 Å². The van der Waals surface area contributed by atoms with Gasteiger partial charge in [0.1, 0.15) is 0 Å². The number of aromatic amines is 1. The van der Waals surface area contributed by atoms with Gasteiger partial charge in [-0.2, -0.15) is 0 Å². The molecule has 5 nitrogen and oxygen atoms in total. The van der Waals surface area contributed by atoms with E-state index in [4.69, 9.17) is 5.73 Å². The molecule has 0 saturated heterocycles. The summed E-state index contributed by atoms with van der Waals surface area (Å²) in [6, 6.07) is 5.80. The Kier molecular flexibility index (Phi) is 3.23. The topological polar surface area (TPSA) is 76.7 Å². The third-order valence-corrected chi connectivity index (χ3v) is 3.48. The van der Waals surface area contributed by atoms with Gasteiger partial charge >= 0.3 is 5.69 Å². The van der Waals surface area contributed by atoms with Crippen LogP contribution in [-0.4, -0.2) is 14.8 Å². The standard InChI is InChI=1S/C11H14N4OS/c1-3-15-10(16)13-14-11(15)17-9-6-7(2)4-5-8(9)12/h4-6H,3,12H2,1-2H3,(H,13,16). The summed E-state index contributed by atoms with van der Waals surface area (Å²) in [6.45, 7) is 4.49. The number of hydrogen-bond acceptors (Lipinski definition) is 4. The summed E-state index contributed by atoms with van der Waals surface area (Å²) in [4.78, 5) is 12.3. The van der Waals surface area contributed by atoms with Crippen molar-refractivity contribution in [3.63, 3.8) is 0 Å². The molecule has 3 N–H and O–H groups in total. The van der Waals surface area contributed by atoms with Crippen LogP contribution in [0.3, 0.4) is 0 Å². The summed E-state index contributed by atoms with van der Waals surface area (Å²) in [6.07, 6.45) is 0. The van der Waals surface area contributed by atoms with E-state index in [0.717, 1.165) is 10.5 Å². The molecule has 0 unspecified atom stereocenters. The Morgan fingerprint density at radius 3 is 3.00 bits per heavy atom. The number of anilines is 1. The van der Waals surface area contributed by atoms with Gasteiger partial charge in [-0.05, 0) is 43.3 Å². The van der Waals surface area contributed by atoms with Crippen molar-refractivity contribution in [2.24, 2.45) is 0 Å². The van der Waals surface area contributed by atoms with Crippen molar-refractivity contribution >= 4 is 17.4 Å². The second-order valence-electron chi connectivity index (χ2n) is 3.70. The Hall–Kier alpha value is -1.69. The van der Waals surface area contributed by atoms with Gasteiger partial charge in [-0.25, -0.2) is 9.89 Å². The predicted octanol–water partition coefficient (Wildman–Crippen LogP) is 1.63. The first-order valence-electron chi connectivity index (χ1n) is 5.31. The molecule has 1 aromatic carbocycles. The van der Waals surface area contributed by atoms with Crippen LogP contribution in [0.4, 0.5) is 5.69 Å². The number of rotatable bonds is 3. The molecular weight excluding hydrogens is 236 g/mol. The van der Waals surface area contributed by atoms with Gasteiger partial charge in [0.15, 0.2) is 5.16 Å². The normalized spacial score (nSPS) is 10.7. The maximum Gasteiger partial charge on any atom is 0.343 e. The molecule has 6 heteroatoms. The Labute approximate surface area is 103 Å². The molecule has 0 spiro atoms. The summed E-state index contributed by atoms with van der Waals surface area (Å²) in [5.74, 6) is 0. The third kappa shape index (κ3) is 2.36. The number of nitrogens with two attached hydrogens (primary N) is 1. The highest BCUT2D eigenvalue weighted by atomic mass is 32.2. The molecular formula is C11H14N4OS. The van der Waals surface area contributed by atoms with Gasteiger partial charge in [0.25, 0.3) is 0 Å². The lowest BCUT2D eigenvalue weighted by atomic mass is 10.2. The van der Waals surface area contributed by atoms with E-state index in [1.54, 1.807) is 4.57 Å². The Balaban J connectivity index is 2.37. The van der Waals surface area contributed by atoms with Gasteiger partial charge in [-0.1, -0.05) is 6.07 Å². The van der Waals surface area contributed by atoms with Crippen LogP contribution in [0.25, 0.3) is 0 Å². The number of benzene rings is 1. The quantitative estimate of drug-likeness (QED) is 0.812. The van der Waals surface area contributed by atoms with Crippen molar-refractivity contribution in [2.45, 2.75) is 30.4 Å². The molecule has 17 heavy (non-hydrogen) atoms. The molecule has 0 amide bonds. The molecule has 2 aromatic rings. The van der Waals surface area contributed by atoms with Crippen molar-refractivity contribution in [2.75, 3.05) is 5.73 Å². The highest BCUT2D eigenvalue weighted by Gasteiger charge is 2.10. The van der Waals surface area contributed by atoms with Gasteiger partial charge < -0.3 is 5.73 Å². The fourth-order valence-electron chi connectivity index (χ4n) is 1.49. The second-order valence-corrected chi connectivity index (χ2v) is 4.71. The first-order valence-corrected chi connectivity index (χ1v) is 6.12. The van der Waals surface area contributed by atoms with Gasteiger partial charge in [0, 0.05) is 17.1 Å². The van der Waals surface area contributed by atoms with E-state index in [-0.39, 0.29) is 5.69 Å². The number of H-pyrrole nitrogens is 1. The lowest BCUT2D eigenvalue weighted by molar-refractivity contribution is 0.660.